The monoisotopic (exact) mass is 461 g/mol. The van der Waals surface area contributed by atoms with Crippen molar-refractivity contribution in [3.63, 3.8) is 0 Å². The zero-order chi connectivity index (χ0) is 23.2. The second-order valence-electron chi connectivity index (χ2n) is 8.16. The maximum atomic E-state index is 13.2. The van der Waals surface area contributed by atoms with Crippen LogP contribution in [-0.4, -0.2) is 21.1 Å². The maximum Gasteiger partial charge on any atom is 0.331 e. The number of rotatable bonds is 9. The van der Waals surface area contributed by atoms with Gasteiger partial charge in [-0.2, -0.15) is 0 Å². The molecule has 0 unspecified atom stereocenters. The molecule has 170 valence electrons. The van der Waals surface area contributed by atoms with Gasteiger partial charge in [-0.15, -0.1) is 11.3 Å². The molecule has 2 aromatic carbocycles. The van der Waals surface area contributed by atoms with Gasteiger partial charge in [0.1, 0.15) is 6.54 Å². The summed E-state index contributed by atoms with van der Waals surface area (Å²) >= 11 is 1.59. The summed E-state index contributed by atoms with van der Waals surface area (Å²) in [4.78, 5) is 40.2. The fraction of sp³-hybridized carbons (Fsp3) is 0.269. The summed E-state index contributed by atoms with van der Waals surface area (Å²) in [6, 6.07) is 21.0. The van der Waals surface area contributed by atoms with Crippen LogP contribution >= 0.6 is 11.3 Å². The van der Waals surface area contributed by atoms with Crippen molar-refractivity contribution in [3.05, 3.63) is 103 Å². The van der Waals surface area contributed by atoms with Gasteiger partial charge in [-0.05, 0) is 55.3 Å². The highest BCUT2D eigenvalue weighted by Crippen LogP contribution is 2.11. The number of para-hydroxylation sites is 1. The molecule has 2 heterocycles. The molecule has 0 bridgehead atoms. The zero-order valence-corrected chi connectivity index (χ0v) is 19.4. The molecule has 1 amide bonds. The van der Waals surface area contributed by atoms with Crippen LogP contribution in [0.25, 0.3) is 10.9 Å². The van der Waals surface area contributed by atoms with E-state index < -0.39 is 5.69 Å². The number of nitrogens with zero attached hydrogens (tertiary/aromatic N) is 2. The smallest absolute Gasteiger partial charge is 0.331 e. The standard InChI is InChI=1S/C26H27N3O3S/c1-19(13-14-20-8-3-2-4-9-20)27-24(30)18-29-23-12-6-5-11-22(23)25(31)28(26(29)32)16-15-21-10-7-17-33-21/h2-12,17,19H,13-16,18H2,1H3,(H,27,30)/t19-/m1/s1. The number of nitrogens with one attached hydrogen (secondary N) is 1. The number of thiophene rings is 1. The molecular formula is C26H27N3O3S. The topological polar surface area (TPSA) is 73.1 Å². The van der Waals surface area contributed by atoms with Crippen molar-refractivity contribution in [1.82, 2.24) is 14.5 Å². The van der Waals surface area contributed by atoms with Gasteiger partial charge >= 0.3 is 5.69 Å². The molecule has 0 radical (unpaired) electrons. The largest absolute Gasteiger partial charge is 0.352 e. The molecule has 0 aliphatic rings. The van der Waals surface area contributed by atoms with Crippen LogP contribution in [-0.2, 0) is 30.7 Å². The molecule has 0 aliphatic heterocycles. The third kappa shape index (κ3) is 5.49. The van der Waals surface area contributed by atoms with Gasteiger partial charge in [-0.3, -0.25) is 18.7 Å². The Morgan fingerprint density at radius 2 is 1.70 bits per heavy atom. The third-order valence-corrected chi connectivity index (χ3v) is 6.65. The van der Waals surface area contributed by atoms with Gasteiger partial charge in [0, 0.05) is 17.5 Å². The van der Waals surface area contributed by atoms with Crippen LogP contribution in [0.2, 0.25) is 0 Å². The van der Waals surface area contributed by atoms with E-state index >= 15 is 0 Å². The number of benzene rings is 2. The van der Waals surface area contributed by atoms with E-state index in [1.807, 2.05) is 42.6 Å². The predicted molar refractivity (Wildman–Crippen MR) is 133 cm³/mol. The Kier molecular flexibility index (Phi) is 7.19. The van der Waals surface area contributed by atoms with Gasteiger partial charge in [-0.25, -0.2) is 4.79 Å². The quantitative estimate of drug-likeness (QED) is 0.414. The number of aryl methyl sites for hydroxylation is 2. The van der Waals surface area contributed by atoms with E-state index in [4.69, 9.17) is 0 Å². The van der Waals surface area contributed by atoms with Gasteiger partial charge in [0.05, 0.1) is 10.9 Å². The minimum Gasteiger partial charge on any atom is -0.352 e. The van der Waals surface area contributed by atoms with E-state index in [1.165, 1.54) is 14.7 Å². The van der Waals surface area contributed by atoms with Crippen molar-refractivity contribution in [2.75, 3.05) is 0 Å². The van der Waals surface area contributed by atoms with Crippen LogP contribution in [0.4, 0.5) is 0 Å². The Morgan fingerprint density at radius 1 is 0.939 bits per heavy atom. The average Bonchev–Trinajstić information content (AvgIpc) is 3.35. The SMILES string of the molecule is C[C@H](CCc1ccccc1)NC(=O)Cn1c(=O)n(CCc2cccs2)c(=O)c2ccccc21. The van der Waals surface area contributed by atoms with E-state index in [2.05, 4.69) is 17.4 Å². The number of carbonyl (C=O) groups is 1. The van der Waals surface area contributed by atoms with Gasteiger partial charge < -0.3 is 5.32 Å². The minimum atomic E-state index is -0.456. The molecule has 7 heteroatoms. The molecule has 33 heavy (non-hydrogen) atoms. The summed E-state index contributed by atoms with van der Waals surface area (Å²) in [6.45, 7) is 2.11. The van der Waals surface area contributed by atoms with Gasteiger partial charge in [0.25, 0.3) is 5.56 Å². The fourth-order valence-corrected chi connectivity index (χ4v) is 4.66. The van der Waals surface area contributed by atoms with Gasteiger partial charge in [0.2, 0.25) is 5.91 Å². The van der Waals surface area contributed by atoms with Crippen molar-refractivity contribution < 1.29 is 4.79 Å². The highest BCUT2D eigenvalue weighted by atomic mass is 32.1. The average molecular weight is 462 g/mol. The maximum absolute atomic E-state index is 13.2. The molecule has 1 N–H and O–H groups in total. The first kappa shape index (κ1) is 22.7. The lowest BCUT2D eigenvalue weighted by Gasteiger charge is -2.17. The molecule has 0 spiro atoms. The van der Waals surface area contributed by atoms with Crippen molar-refractivity contribution in [2.45, 2.75) is 45.3 Å². The molecule has 0 aliphatic carbocycles. The molecular weight excluding hydrogens is 434 g/mol. The normalized spacial score (nSPS) is 12.0. The molecule has 1 atom stereocenters. The minimum absolute atomic E-state index is 0.0376. The van der Waals surface area contributed by atoms with E-state index in [0.29, 0.717) is 17.3 Å². The summed E-state index contributed by atoms with van der Waals surface area (Å²) in [6.07, 6.45) is 2.25. The Hall–Kier alpha value is -3.45. The number of amides is 1. The van der Waals surface area contributed by atoms with Crippen LogP contribution in [0, 0.1) is 0 Å². The van der Waals surface area contributed by atoms with Crippen LogP contribution in [0.15, 0.2) is 81.7 Å². The van der Waals surface area contributed by atoms with E-state index in [1.54, 1.807) is 35.6 Å². The van der Waals surface area contributed by atoms with Crippen molar-refractivity contribution in [3.8, 4) is 0 Å². The Balaban J connectivity index is 1.52. The molecule has 2 aromatic heterocycles. The summed E-state index contributed by atoms with van der Waals surface area (Å²) in [7, 11) is 0. The first-order valence-corrected chi connectivity index (χ1v) is 12.0. The lowest BCUT2D eigenvalue weighted by Crippen LogP contribution is -2.44. The second-order valence-corrected chi connectivity index (χ2v) is 9.20. The first-order valence-electron chi connectivity index (χ1n) is 11.1. The van der Waals surface area contributed by atoms with Gasteiger partial charge in [-0.1, -0.05) is 48.5 Å². The second kappa shape index (κ2) is 10.4. The number of hydrogen-bond acceptors (Lipinski definition) is 4. The Bertz CT molecular complexity index is 1340. The van der Waals surface area contributed by atoms with Crippen molar-refractivity contribution >= 4 is 28.1 Å². The molecule has 0 saturated heterocycles. The predicted octanol–water partition coefficient (Wildman–Crippen LogP) is 3.60. The van der Waals surface area contributed by atoms with Crippen LogP contribution in [0.5, 0.6) is 0 Å². The molecule has 0 saturated carbocycles. The Labute approximate surface area is 196 Å². The Morgan fingerprint density at radius 3 is 2.45 bits per heavy atom. The van der Waals surface area contributed by atoms with Crippen molar-refractivity contribution in [2.24, 2.45) is 0 Å². The number of fused-ring (bicyclic) bond motifs is 1. The first-order chi connectivity index (χ1) is 16.0. The molecule has 6 nitrogen and oxygen atoms in total. The molecule has 0 fully saturated rings. The van der Waals surface area contributed by atoms with Gasteiger partial charge in [0.15, 0.2) is 0 Å². The zero-order valence-electron chi connectivity index (χ0n) is 18.6. The van der Waals surface area contributed by atoms with E-state index in [-0.39, 0.29) is 30.6 Å². The number of carbonyl (C=O) groups excluding carboxylic acids is 1. The fourth-order valence-electron chi connectivity index (χ4n) is 3.96. The van der Waals surface area contributed by atoms with Crippen LogP contribution in [0.1, 0.15) is 23.8 Å². The lowest BCUT2D eigenvalue weighted by atomic mass is 10.1. The highest BCUT2D eigenvalue weighted by molar-refractivity contribution is 7.09. The van der Waals surface area contributed by atoms with E-state index in [9.17, 15) is 14.4 Å². The van der Waals surface area contributed by atoms with Crippen LogP contribution in [0.3, 0.4) is 0 Å². The number of hydrogen-bond donors (Lipinski definition) is 1. The van der Waals surface area contributed by atoms with Crippen molar-refractivity contribution in [1.29, 1.82) is 0 Å². The summed E-state index contributed by atoms with van der Waals surface area (Å²) in [5, 5.41) is 5.41. The lowest BCUT2D eigenvalue weighted by molar-refractivity contribution is -0.122. The third-order valence-electron chi connectivity index (χ3n) is 5.71. The highest BCUT2D eigenvalue weighted by Gasteiger charge is 2.16. The summed E-state index contributed by atoms with van der Waals surface area (Å²) in [5.74, 6) is -0.244. The number of aromatic nitrogens is 2. The molecule has 4 rings (SSSR count). The summed E-state index contributed by atoms with van der Waals surface area (Å²) < 4.78 is 2.65. The molecule has 4 aromatic rings. The van der Waals surface area contributed by atoms with Crippen LogP contribution < -0.4 is 16.6 Å². The van der Waals surface area contributed by atoms with E-state index in [0.717, 1.165) is 17.7 Å². The summed E-state index contributed by atoms with van der Waals surface area (Å²) in [5.41, 5.74) is 0.924.